The molecule has 1 fully saturated rings. The second kappa shape index (κ2) is 10.2. The minimum atomic E-state index is -0.444. The van der Waals surface area contributed by atoms with Gasteiger partial charge >= 0.3 is 5.97 Å². The molecular formula is C29H30N4O3. The zero-order valence-electron chi connectivity index (χ0n) is 20.7. The molecule has 0 radical (unpaired) electrons. The van der Waals surface area contributed by atoms with Crippen LogP contribution < -0.4 is 15.4 Å². The van der Waals surface area contributed by atoms with Crippen molar-refractivity contribution >= 4 is 28.5 Å². The lowest BCUT2D eigenvalue weighted by molar-refractivity contribution is 0.0601. The summed E-state index contributed by atoms with van der Waals surface area (Å²) in [5.74, 6) is 0.203. The standard InChI is InChI=1S/C29H30N4O3/c1-21-7-6-10-24(19-21)31-15-17-32(18-16-31)29-30-26-20-23(28(35)36-2)11-12-25(26)27(34)33(29)14-13-22-8-4-3-5-9-22/h3-12,19-20H,13-18H2,1-2H3. The number of rotatable bonds is 6. The summed E-state index contributed by atoms with van der Waals surface area (Å²) >= 11 is 0. The Labute approximate surface area is 210 Å². The quantitative estimate of drug-likeness (QED) is 0.386. The number of carbonyl (C=O) groups excluding carboxylic acids is 1. The average Bonchev–Trinajstić information content (AvgIpc) is 2.92. The van der Waals surface area contributed by atoms with E-state index in [0.29, 0.717) is 29.0 Å². The summed E-state index contributed by atoms with van der Waals surface area (Å²) in [6, 6.07) is 23.6. The molecule has 36 heavy (non-hydrogen) atoms. The molecule has 1 aliphatic heterocycles. The molecule has 0 aliphatic carbocycles. The molecule has 184 valence electrons. The number of esters is 1. The van der Waals surface area contributed by atoms with Gasteiger partial charge in [0.2, 0.25) is 5.95 Å². The van der Waals surface area contributed by atoms with Gasteiger partial charge in [0.25, 0.3) is 5.56 Å². The van der Waals surface area contributed by atoms with E-state index in [1.165, 1.54) is 23.9 Å². The van der Waals surface area contributed by atoms with E-state index in [1.54, 1.807) is 22.8 Å². The van der Waals surface area contributed by atoms with Crippen molar-refractivity contribution in [3.63, 3.8) is 0 Å². The summed E-state index contributed by atoms with van der Waals surface area (Å²) in [5, 5.41) is 0.498. The van der Waals surface area contributed by atoms with Crippen molar-refractivity contribution in [2.24, 2.45) is 0 Å². The number of piperazine rings is 1. The van der Waals surface area contributed by atoms with Gasteiger partial charge in [-0.05, 0) is 54.8 Å². The van der Waals surface area contributed by atoms with Crippen LogP contribution in [-0.4, -0.2) is 48.8 Å². The molecule has 1 aromatic heterocycles. The number of anilines is 2. The Morgan fingerprint density at radius 3 is 2.39 bits per heavy atom. The van der Waals surface area contributed by atoms with Crippen molar-refractivity contribution in [1.29, 1.82) is 0 Å². The molecule has 5 rings (SSSR count). The molecule has 0 spiro atoms. The third-order valence-corrected chi connectivity index (χ3v) is 6.75. The molecule has 0 amide bonds. The number of hydrogen-bond donors (Lipinski definition) is 0. The Morgan fingerprint density at radius 1 is 0.917 bits per heavy atom. The molecular weight excluding hydrogens is 452 g/mol. The van der Waals surface area contributed by atoms with E-state index >= 15 is 0 Å². The number of fused-ring (bicyclic) bond motifs is 1. The Balaban J connectivity index is 1.49. The fourth-order valence-corrected chi connectivity index (χ4v) is 4.77. The number of nitrogens with zero attached hydrogens (tertiary/aromatic N) is 4. The van der Waals surface area contributed by atoms with Crippen molar-refractivity contribution in [3.05, 3.63) is 99.8 Å². The monoisotopic (exact) mass is 482 g/mol. The largest absolute Gasteiger partial charge is 0.465 e. The highest BCUT2D eigenvalue weighted by molar-refractivity contribution is 5.94. The summed E-state index contributed by atoms with van der Waals surface area (Å²) < 4.78 is 6.66. The Morgan fingerprint density at radius 2 is 1.67 bits per heavy atom. The number of benzene rings is 3. The van der Waals surface area contributed by atoms with E-state index in [1.807, 2.05) is 18.2 Å². The van der Waals surface area contributed by atoms with Crippen LogP contribution in [0.15, 0.2) is 77.6 Å². The number of carbonyl (C=O) groups is 1. The molecule has 0 saturated carbocycles. The predicted molar refractivity (Wildman–Crippen MR) is 143 cm³/mol. The lowest BCUT2D eigenvalue weighted by Gasteiger charge is -2.37. The summed E-state index contributed by atoms with van der Waals surface area (Å²) in [7, 11) is 1.35. The summed E-state index contributed by atoms with van der Waals surface area (Å²) in [4.78, 5) is 35.2. The Hall–Kier alpha value is -4.13. The predicted octanol–water partition coefficient (Wildman–Crippen LogP) is 4.06. The highest BCUT2D eigenvalue weighted by Gasteiger charge is 2.23. The van der Waals surface area contributed by atoms with Crippen LogP contribution >= 0.6 is 0 Å². The molecule has 1 saturated heterocycles. The van der Waals surface area contributed by atoms with Crippen LogP contribution in [0, 0.1) is 6.92 Å². The molecule has 0 atom stereocenters. The number of aryl methyl sites for hydroxylation is 2. The van der Waals surface area contributed by atoms with Crippen molar-refractivity contribution in [1.82, 2.24) is 9.55 Å². The van der Waals surface area contributed by atoms with Crippen LogP contribution in [0.3, 0.4) is 0 Å². The molecule has 7 heteroatoms. The molecule has 7 nitrogen and oxygen atoms in total. The molecule has 1 aliphatic rings. The van der Waals surface area contributed by atoms with Crippen LogP contribution in [0.5, 0.6) is 0 Å². The van der Waals surface area contributed by atoms with Gasteiger partial charge in [0.15, 0.2) is 0 Å². The van der Waals surface area contributed by atoms with E-state index < -0.39 is 5.97 Å². The normalized spacial score (nSPS) is 13.7. The molecule has 0 N–H and O–H groups in total. The maximum Gasteiger partial charge on any atom is 0.337 e. The van der Waals surface area contributed by atoms with Gasteiger partial charge in [-0.25, -0.2) is 9.78 Å². The maximum absolute atomic E-state index is 13.7. The second-order valence-corrected chi connectivity index (χ2v) is 9.14. The van der Waals surface area contributed by atoms with E-state index in [2.05, 4.69) is 53.1 Å². The third-order valence-electron chi connectivity index (χ3n) is 6.75. The van der Waals surface area contributed by atoms with Crippen LogP contribution in [0.1, 0.15) is 21.5 Å². The maximum atomic E-state index is 13.7. The van der Waals surface area contributed by atoms with Crippen molar-refractivity contribution < 1.29 is 9.53 Å². The van der Waals surface area contributed by atoms with Gasteiger partial charge in [-0.2, -0.15) is 0 Å². The van der Waals surface area contributed by atoms with Crippen molar-refractivity contribution in [2.75, 3.05) is 43.1 Å². The molecule has 2 heterocycles. The number of hydrogen-bond acceptors (Lipinski definition) is 6. The van der Waals surface area contributed by atoms with E-state index in [4.69, 9.17) is 9.72 Å². The average molecular weight is 483 g/mol. The minimum Gasteiger partial charge on any atom is -0.465 e. The number of methoxy groups -OCH3 is 1. The molecule has 0 bridgehead atoms. The first-order chi connectivity index (χ1) is 17.5. The van der Waals surface area contributed by atoms with Gasteiger partial charge in [0.05, 0.1) is 23.6 Å². The lowest BCUT2D eigenvalue weighted by atomic mass is 10.1. The van der Waals surface area contributed by atoms with Gasteiger partial charge in [0, 0.05) is 38.4 Å². The van der Waals surface area contributed by atoms with E-state index in [9.17, 15) is 9.59 Å². The number of aromatic nitrogens is 2. The number of ether oxygens (including phenoxy) is 1. The molecule has 3 aromatic carbocycles. The molecule has 0 unspecified atom stereocenters. The zero-order valence-corrected chi connectivity index (χ0v) is 20.7. The molecule has 4 aromatic rings. The van der Waals surface area contributed by atoms with Crippen molar-refractivity contribution in [3.8, 4) is 0 Å². The summed E-state index contributed by atoms with van der Waals surface area (Å²) in [6.07, 6.45) is 0.727. The highest BCUT2D eigenvalue weighted by atomic mass is 16.5. The summed E-state index contributed by atoms with van der Waals surface area (Å²) in [6.45, 7) is 5.78. The van der Waals surface area contributed by atoms with E-state index in [-0.39, 0.29) is 5.56 Å². The first-order valence-corrected chi connectivity index (χ1v) is 12.3. The van der Waals surface area contributed by atoms with Gasteiger partial charge < -0.3 is 14.5 Å². The van der Waals surface area contributed by atoms with Gasteiger partial charge in [-0.3, -0.25) is 9.36 Å². The first kappa shape index (κ1) is 23.6. The van der Waals surface area contributed by atoms with Gasteiger partial charge in [0.1, 0.15) is 0 Å². The van der Waals surface area contributed by atoms with Gasteiger partial charge in [-0.15, -0.1) is 0 Å². The Kier molecular flexibility index (Phi) is 6.71. The Bertz CT molecular complexity index is 1440. The fraction of sp³-hybridized carbons (Fsp3) is 0.276. The fourth-order valence-electron chi connectivity index (χ4n) is 4.77. The van der Waals surface area contributed by atoms with Gasteiger partial charge in [-0.1, -0.05) is 42.5 Å². The lowest BCUT2D eigenvalue weighted by Crippen LogP contribution is -2.48. The smallest absolute Gasteiger partial charge is 0.337 e. The zero-order chi connectivity index (χ0) is 25.1. The topological polar surface area (TPSA) is 67.7 Å². The summed E-state index contributed by atoms with van der Waals surface area (Å²) in [5.41, 5.74) is 4.42. The van der Waals surface area contributed by atoms with Crippen LogP contribution in [-0.2, 0) is 17.7 Å². The highest BCUT2D eigenvalue weighted by Crippen LogP contribution is 2.22. The van der Waals surface area contributed by atoms with Crippen LogP contribution in [0.25, 0.3) is 10.9 Å². The van der Waals surface area contributed by atoms with Crippen molar-refractivity contribution in [2.45, 2.75) is 19.9 Å². The third kappa shape index (κ3) is 4.82. The minimum absolute atomic E-state index is 0.0940. The second-order valence-electron chi connectivity index (χ2n) is 9.14. The first-order valence-electron chi connectivity index (χ1n) is 12.3. The van der Waals surface area contributed by atoms with Crippen LogP contribution in [0.4, 0.5) is 11.6 Å². The van der Waals surface area contributed by atoms with E-state index in [0.717, 1.165) is 32.6 Å². The van der Waals surface area contributed by atoms with Crippen LogP contribution in [0.2, 0.25) is 0 Å². The SMILES string of the molecule is COC(=O)c1ccc2c(=O)n(CCc3ccccc3)c(N3CCN(c4cccc(C)c4)CC3)nc2c1.